The third kappa shape index (κ3) is 7.68. The average Bonchev–Trinajstić information content (AvgIpc) is 3.61. The van der Waals surface area contributed by atoms with Gasteiger partial charge >= 0.3 is 6.36 Å². The number of nitrogens with zero attached hydrogens (tertiary/aromatic N) is 6. The lowest BCUT2D eigenvalue weighted by molar-refractivity contribution is -0.274. The molecule has 1 aromatic heterocycles. The minimum absolute atomic E-state index is 0.0455. The molecule has 226 valence electrons. The van der Waals surface area contributed by atoms with Crippen LogP contribution in [0.5, 0.6) is 5.75 Å². The van der Waals surface area contributed by atoms with E-state index in [1.54, 1.807) is 11.1 Å². The van der Waals surface area contributed by atoms with E-state index in [-0.39, 0.29) is 22.5 Å². The van der Waals surface area contributed by atoms with Gasteiger partial charge in [0.05, 0.1) is 23.3 Å². The molecule has 0 aliphatic carbocycles. The van der Waals surface area contributed by atoms with Gasteiger partial charge in [0.1, 0.15) is 12.1 Å². The molecule has 0 spiro atoms. The number of rotatable bonds is 8. The fourth-order valence-corrected chi connectivity index (χ4v) is 5.42. The lowest BCUT2D eigenvalue weighted by Crippen LogP contribution is -2.31. The molecule has 1 aliphatic rings. The van der Waals surface area contributed by atoms with Crippen molar-refractivity contribution in [3.05, 3.63) is 89.7 Å². The predicted molar refractivity (Wildman–Crippen MR) is 169 cm³/mol. The van der Waals surface area contributed by atoms with E-state index in [4.69, 9.17) is 12.2 Å². The molecule has 1 saturated heterocycles. The highest BCUT2D eigenvalue weighted by Gasteiger charge is 2.32. The van der Waals surface area contributed by atoms with Crippen LogP contribution in [0.1, 0.15) is 30.0 Å². The largest absolute Gasteiger partial charge is 0.573 e. The molecule has 14 heteroatoms. The Morgan fingerprint density at radius 2 is 1.89 bits per heavy atom. The molecule has 1 N–H and O–H groups in total. The number of aliphatic imine (C=N–C) groups is 1. The van der Waals surface area contributed by atoms with Gasteiger partial charge in [0.25, 0.3) is 0 Å². The molecule has 1 fully saturated rings. The smallest absolute Gasteiger partial charge is 0.406 e. The van der Waals surface area contributed by atoms with Crippen LogP contribution in [0.15, 0.2) is 83.2 Å². The molecule has 9 nitrogen and oxygen atoms in total. The summed E-state index contributed by atoms with van der Waals surface area (Å²) in [4.78, 5) is 23.2. The minimum Gasteiger partial charge on any atom is -0.406 e. The molecular weight excluding hydrogens is 612 g/mol. The number of anilines is 1. The van der Waals surface area contributed by atoms with Gasteiger partial charge in [0.2, 0.25) is 11.0 Å². The first kappa shape index (κ1) is 30.9. The Kier molecular flexibility index (Phi) is 9.40. The van der Waals surface area contributed by atoms with Crippen molar-refractivity contribution >= 4 is 52.1 Å². The van der Waals surface area contributed by atoms with Crippen molar-refractivity contribution < 1.29 is 22.7 Å². The van der Waals surface area contributed by atoms with Crippen LogP contribution in [-0.2, 0) is 11.2 Å². The highest BCUT2D eigenvalue weighted by atomic mass is 32.2. The maximum atomic E-state index is 12.8. The van der Waals surface area contributed by atoms with Gasteiger partial charge in [-0.05, 0) is 72.6 Å². The molecule has 3 aromatic carbocycles. The highest BCUT2D eigenvalue weighted by molar-refractivity contribution is 8.15. The molecule has 0 unspecified atom stereocenters. The van der Waals surface area contributed by atoms with E-state index < -0.39 is 6.36 Å². The Balaban J connectivity index is 1.21. The van der Waals surface area contributed by atoms with E-state index in [1.807, 2.05) is 43.3 Å². The molecule has 2 heterocycles. The predicted octanol–water partition coefficient (Wildman–Crippen LogP) is 6.44. The Morgan fingerprint density at radius 3 is 2.59 bits per heavy atom. The third-order valence-corrected chi connectivity index (χ3v) is 7.44. The van der Waals surface area contributed by atoms with E-state index >= 15 is 0 Å². The zero-order valence-electron chi connectivity index (χ0n) is 23.6. The lowest BCUT2D eigenvalue weighted by atomic mass is 10.0. The van der Waals surface area contributed by atoms with Crippen molar-refractivity contribution in [1.82, 2.24) is 20.2 Å². The number of hydrogen-bond acceptors (Lipinski definition) is 7. The molecule has 44 heavy (non-hydrogen) atoms. The van der Waals surface area contributed by atoms with E-state index in [0.717, 1.165) is 40.8 Å². The summed E-state index contributed by atoms with van der Waals surface area (Å²) in [5, 5.41) is 9.22. The Hall–Kier alpha value is -4.56. The minimum atomic E-state index is -4.76. The van der Waals surface area contributed by atoms with Gasteiger partial charge < -0.3 is 4.74 Å². The van der Waals surface area contributed by atoms with Crippen molar-refractivity contribution in [3.63, 3.8) is 0 Å². The van der Waals surface area contributed by atoms with Crippen LogP contribution in [0.4, 0.5) is 18.9 Å². The van der Waals surface area contributed by atoms with E-state index in [2.05, 4.69) is 43.3 Å². The van der Waals surface area contributed by atoms with Crippen molar-refractivity contribution in [2.45, 2.75) is 33.1 Å². The number of thioether (sulfide) groups is 1. The zero-order chi connectivity index (χ0) is 31.3. The fraction of sp³-hybridized carbons (Fsp3) is 0.200. The second-order valence-corrected chi connectivity index (χ2v) is 11.0. The van der Waals surface area contributed by atoms with E-state index in [0.29, 0.717) is 16.7 Å². The molecule has 5 rings (SSSR count). The number of amidine groups is 1. The summed E-state index contributed by atoms with van der Waals surface area (Å²) in [5.74, 6) is 0.352. The molecule has 4 aromatic rings. The number of hydrogen-bond donors (Lipinski definition) is 1. The van der Waals surface area contributed by atoms with Crippen LogP contribution in [0.2, 0.25) is 0 Å². The van der Waals surface area contributed by atoms with Crippen LogP contribution in [0.25, 0.3) is 17.1 Å². The number of alkyl halides is 3. The SMILES string of the molecule is CCCc1ccc(C)cc1N1C(=O)CS/C1=N\C(=S)N/N=C/c1ccc(-c2ncn(-c3ccc(OC(F)(F)F)cc3)n2)cc1. The van der Waals surface area contributed by atoms with Crippen molar-refractivity contribution in [2.75, 3.05) is 10.7 Å². The molecule has 0 atom stereocenters. The number of thiocarbonyl (C=S) groups is 1. The monoisotopic (exact) mass is 637 g/mol. The molecule has 0 saturated carbocycles. The van der Waals surface area contributed by atoms with Gasteiger partial charge in [-0.2, -0.15) is 10.1 Å². The number of carbonyl (C=O) groups excluding carboxylic acids is 1. The normalized spacial score (nSPS) is 14.5. The summed E-state index contributed by atoms with van der Waals surface area (Å²) in [7, 11) is 0. The van der Waals surface area contributed by atoms with Gasteiger partial charge in [-0.25, -0.2) is 9.67 Å². The first-order valence-electron chi connectivity index (χ1n) is 13.4. The number of aryl methyl sites for hydroxylation is 2. The molecule has 0 bridgehead atoms. The van der Waals surface area contributed by atoms with Crippen LogP contribution in [0, 0.1) is 6.92 Å². The second kappa shape index (κ2) is 13.4. The highest BCUT2D eigenvalue weighted by Crippen LogP contribution is 2.31. The molecule has 0 radical (unpaired) electrons. The van der Waals surface area contributed by atoms with E-state index in [1.165, 1.54) is 47.0 Å². The number of nitrogens with one attached hydrogen (secondary N) is 1. The Bertz CT molecular complexity index is 1720. The van der Waals surface area contributed by atoms with Gasteiger partial charge in [0, 0.05) is 5.56 Å². The summed E-state index contributed by atoms with van der Waals surface area (Å²) in [6.45, 7) is 4.09. The maximum absolute atomic E-state index is 12.8. The van der Waals surface area contributed by atoms with Crippen molar-refractivity contribution in [1.29, 1.82) is 0 Å². The summed E-state index contributed by atoms with van der Waals surface area (Å²) in [6, 6.07) is 18.7. The van der Waals surface area contributed by atoms with Crippen LogP contribution in [0.3, 0.4) is 0 Å². The molecule has 1 aliphatic heterocycles. The van der Waals surface area contributed by atoms with Crippen LogP contribution >= 0.6 is 24.0 Å². The average molecular weight is 638 g/mol. The van der Waals surface area contributed by atoms with Crippen LogP contribution in [-0.4, -0.2) is 49.3 Å². The van der Waals surface area contributed by atoms with Gasteiger partial charge in [-0.1, -0.05) is 61.5 Å². The first-order valence-corrected chi connectivity index (χ1v) is 14.8. The van der Waals surface area contributed by atoms with E-state index in [9.17, 15) is 18.0 Å². The maximum Gasteiger partial charge on any atom is 0.573 e. The zero-order valence-corrected chi connectivity index (χ0v) is 25.2. The number of amides is 1. The Labute approximate surface area is 260 Å². The number of carbonyl (C=O) groups is 1. The number of halogens is 3. The first-order chi connectivity index (χ1) is 21.1. The van der Waals surface area contributed by atoms with Crippen molar-refractivity contribution in [3.8, 4) is 22.8 Å². The number of aromatic nitrogens is 3. The number of ether oxygens (including phenoxy) is 1. The molecular formula is C30H26F3N7O2S2. The second-order valence-electron chi connectivity index (χ2n) is 9.65. The topological polar surface area (TPSA) is 97.0 Å². The van der Waals surface area contributed by atoms with Gasteiger partial charge in [-0.3, -0.25) is 15.1 Å². The summed E-state index contributed by atoms with van der Waals surface area (Å²) in [5.41, 5.74) is 7.74. The fourth-order valence-electron chi connectivity index (χ4n) is 4.36. The summed E-state index contributed by atoms with van der Waals surface area (Å²) in [6.07, 6.45) is 0.0939. The lowest BCUT2D eigenvalue weighted by Gasteiger charge is -2.20. The third-order valence-electron chi connectivity index (χ3n) is 6.33. The van der Waals surface area contributed by atoms with Crippen LogP contribution < -0.4 is 15.1 Å². The van der Waals surface area contributed by atoms with Gasteiger partial charge in [0.15, 0.2) is 11.0 Å². The number of hydrazone groups is 1. The quantitative estimate of drug-likeness (QED) is 0.135. The summed E-state index contributed by atoms with van der Waals surface area (Å²) >= 11 is 6.71. The molecule has 1 amide bonds. The van der Waals surface area contributed by atoms with Crippen molar-refractivity contribution in [2.24, 2.45) is 10.1 Å². The number of benzene rings is 3. The Morgan fingerprint density at radius 1 is 1.14 bits per heavy atom. The standard InChI is InChI=1S/C30H26F3N7O2S2/c1-3-4-21-8-5-19(2)15-25(21)40-26(41)17-44-29(40)36-28(43)37-35-16-20-6-9-22(10-7-20)27-34-18-39(38-27)23-11-13-24(14-12-23)42-30(31,32)33/h5-16,18H,3-4,17H2,1-2H3,(H,37,43)/b35-16+,36-29-. The van der Waals surface area contributed by atoms with Gasteiger partial charge in [-0.15, -0.1) is 18.3 Å². The summed E-state index contributed by atoms with van der Waals surface area (Å²) < 4.78 is 42.5.